The Morgan fingerprint density at radius 3 is 3.00 bits per heavy atom. The van der Waals surface area contributed by atoms with E-state index in [9.17, 15) is 5.11 Å². The molecule has 0 spiro atoms. The minimum absolute atomic E-state index is 0.0126. The van der Waals surface area contributed by atoms with Crippen molar-refractivity contribution in [3.63, 3.8) is 0 Å². The van der Waals surface area contributed by atoms with Crippen LogP contribution in [0.1, 0.15) is 18.9 Å². The molecule has 2 rings (SSSR count). The van der Waals surface area contributed by atoms with Crippen molar-refractivity contribution in [2.45, 2.75) is 18.9 Å². The lowest BCUT2D eigenvalue weighted by atomic mass is 10.1. The number of aliphatic hydroxyl groups is 1. The fourth-order valence-electron chi connectivity index (χ4n) is 1.94. The number of rotatable bonds is 2. The summed E-state index contributed by atoms with van der Waals surface area (Å²) >= 11 is 0. The van der Waals surface area contributed by atoms with Crippen LogP contribution in [0.2, 0.25) is 0 Å². The third-order valence-electron chi connectivity index (χ3n) is 2.84. The highest BCUT2D eigenvalue weighted by molar-refractivity contribution is 6.01. The Labute approximate surface area is 98.6 Å². The van der Waals surface area contributed by atoms with Gasteiger partial charge in [0, 0.05) is 13.1 Å². The molecular weight excluding hydrogens is 222 g/mol. The number of anilines is 1. The maximum atomic E-state index is 9.91. The summed E-state index contributed by atoms with van der Waals surface area (Å²) in [7, 11) is 0. The molecule has 1 aliphatic rings. The summed E-state index contributed by atoms with van der Waals surface area (Å²) in [6, 6.07) is 1.63. The van der Waals surface area contributed by atoms with Crippen molar-refractivity contribution in [3.8, 4) is 0 Å². The van der Waals surface area contributed by atoms with Gasteiger partial charge in [-0.15, -0.1) is 5.10 Å². The molecule has 7 heteroatoms. The zero-order chi connectivity index (χ0) is 12.5. The van der Waals surface area contributed by atoms with E-state index in [0.29, 0.717) is 30.9 Å². The maximum Gasteiger partial charge on any atom is 0.173 e. The fraction of sp³-hybridized carbons (Fsp3) is 0.500. The van der Waals surface area contributed by atoms with Crippen LogP contribution >= 0.6 is 0 Å². The van der Waals surface area contributed by atoms with Gasteiger partial charge in [0.25, 0.3) is 0 Å². The highest BCUT2D eigenvalue weighted by Crippen LogP contribution is 2.26. The van der Waals surface area contributed by atoms with Gasteiger partial charge in [0.05, 0.1) is 17.4 Å². The van der Waals surface area contributed by atoms with Crippen molar-refractivity contribution in [3.05, 3.63) is 17.8 Å². The van der Waals surface area contributed by atoms with Crippen LogP contribution in [-0.2, 0) is 0 Å². The number of nitrogens with two attached hydrogens (primary N) is 1. The summed E-state index contributed by atoms with van der Waals surface area (Å²) in [6.45, 7) is 2.89. The molecule has 0 radical (unpaired) electrons. The molecule has 1 unspecified atom stereocenters. The van der Waals surface area contributed by atoms with Crippen LogP contribution in [-0.4, -0.2) is 45.0 Å². The summed E-state index contributed by atoms with van der Waals surface area (Å²) in [6.07, 6.45) is 2.13. The molecule has 1 fully saturated rings. The molecule has 2 heterocycles. The average Bonchev–Trinajstić information content (AvgIpc) is 2.68. The van der Waals surface area contributed by atoms with Gasteiger partial charge in [0.2, 0.25) is 0 Å². The molecule has 17 heavy (non-hydrogen) atoms. The first-order valence-electron chi connectivity index (χ1n) is 5.30. The maximum absolute atomic E-state index is 9.91. The third kappa shape index (κ3) is 2.28. The number of amidine groups is 1. The van der Waals surface area contributed by atoms with Gasteiger partial charge in [0.1, 0.15) is 0 Å². The zero-order valence-electron chi connectivity index (χ0n) is 9.54. The number of hydrogen-bond acceptors (Lipinski definition) is 6. The van der Waals surface area contributed by atoms with Crippen LogP contribution in [0.15, 0.2) is 17.4 Å². The van der Waals surface area contributed by atoms with Gasteiger partial charge in [-0.3, -0.25) is 0 Å². The van der Waals surface area contributed by atoms with Crippen LogP contribution in [0.3, 0.4) is 0 Å². The summed E-state index contributed by atoms with van der Waals surface area (Å²) in [4.78, 5) is 1.88. The molecule has 1 aliphatic heterocycles. The second kappa shape index (κ2) is 4.17. The lowest BCUT2D eigenvalue weighted by Crippen LogP contribution is -2.31. The molecule has 7 nitrogen and oxygen atoms in total. The standard InChI is InChI=1S/C10H15N5O2/c1-10(16)3-5-15(6-10)9-7(8(11)14-17)2-4-12-13-9/h2,4,16-17H,3,5-6H2,1H3,(H2,11,14). The molecule has 0 bridgehead atoms. The number of oxime groups is 1. The molecule has 0 aromatic carbocycles. The molecule has 1 saturated heterocycles. The number of hydrogen-bond donors (Lipinski definition) is 3. The predicted octanol–water partition coefficient (Wildman–Crippen LogP) is -0.468. The van der Waals surface area contributed by atoms with Crippen LogP contribution in [0.4, 0.5) is 5.82 Å². The Balaban J connectivity index is 2.33. The van der Waals surface area contributed by atoms with E-state index in [0.717, 1.165) is 0 Å². The first kappa shape index (κ1) is 11.6. The molecule has 1 aromatic heterocycles. The largest absolute Gasteiger partial charge is 0.409 e. The molecule has 4 N–H and O–H groups in total. The zero-order valence-corrected chi connectivity index (χ0v) is 9.54. The van der Waals surface area contributed by atoms with E-state index in [1.165, 1.54) is 6.20 Å². The van der Waals surface area contributed by atoms with E-state index < -0.39 is 5.60 Å². The quantitative estimate of drug-likeness (QED) is 0.278. The van der Waals surface area contributed by atoms with E-state index in [-0.39, 0.29) is 5.84 Å². The van der Waals surface area contributed by atoms with Crippen molar-refractivity contribution in [1.29, 1.82) is 0 Å². The highest BCUT2D eigenvalue weighted by atomic mass is 16.4. The third-order valence-corrected chi connectivity index (χ3v) is 2.84. The normalized spacial score (nSPS) is 25.3. The smallest absolute Gasteiger partial charge is 0.173 e. The second-order valence-corrected chi connectivity index (χ2v) is 4.42. The SMILES string of the molecule is CC1(O)CCN(c2nnccc2/C(N)=N/O)C1. The molecule has 1 atom stereocenters. The molecule has 0 aliphatic carbocycles. The van der Waals surface area contributed by atoms with Gasteiger partial charge in [-0.2, -0.15) is 5.10 Å². The van der Waals surface area contributed by atoms with E-state index in [2.05, 4.69) is 15.4 Å². The second-order valence-electron chi connectivity index (χ2n) is 4.42. The molecular formula is C10H15N5O2. The van der Waals surface area contributed by atoms with Crippen molar-refractivity contribution < 1.29 is 10.3 Å². The van der Waals surface area contributed by atoms with Gasteiger partial charge in [-0.1, -0.05) is 5.16 Å². The fourth-order valence-corrected chi connectivity index (χ4v) is 1.94. The first-order valence-corrected chi connectivity index (χ1v) is 5.30. The van der Waals surface area contributed by atoms with E-state index in [1.54, 1.807) is 13.0 Å². The predicted molar refractivity (Wildman–Crippen MR) is 62.0 cm³/mol. The van der Waals surface area contributed by atoms with Crippen LogP contribution in [0, 0.1) is 0 Å². The van der Waals surface area contributed by atoms with Crippen molar-refractivity contribution in [2.24, 2.45) is 10.9 Å². The summed E-state index contributed by atoms with van der Waals surface area (Å²) in [5.41, 5.74) is 5.35. The van der Waals surface area contributed by atoms with E-state index in [4.69, 9.17) is 10.9 Å². The van der Waals surface area contributed by atoms with Gasteiger partial charge < -0.3 is 20.9 Å². The lowest BCUT2D eigenvalue weighted by molar-refractivity contribution is 0.0839. The van der Waals surface area contributed by atoms with Gasteiger partial charge in [-0.25, -0.2) is 0 Å². The van der Waals surface area contributed by atoms with Gasteiger partial charge in [0.15, 0.2) is 11.7 Å². The van der Waals surface area contributed by atoms with Gasteiger partial charge >= 0.3 is 0 Å². The van der Waals surface area contributed by atoms with Crippen LogP contribution < -0.4 is 10.6 Å². The van der Waals surface area contributed by atoms with E-state index >= 15 is 0 Å². The minimum atomic E-state index is -0.736. The molecule has 1 aromatic rings. The van der Waals surface area contributed by atoms with Crippen molar-refractivity contribution >= 4 is 11.7 Å². The Kier molecular flexibility index (Phi) is 2.84. The van der Waals surface area contributed by atoms with Crippen molar-refractivity contribution in [1.82, 2.24) is 10.2 Å². The molecule has 92 valence electrons. The number of β-amino-alcohol motifs (C(OH)–C–C–N with tert-alkyl or cyclic N) is 1. The van der Waals surface area contributed by atoms with Gasteiger partial charge in [-0.05, 0) is 19.4 Å². The Hall–Kier alpha value is -1.89. The number of nitrogens with zero attached hydrogens (tertiary/aromatic N) is 4. The Bertz CT molecular complexity index is 446. The van der Waals surface area contributed by atoms with Crippen LogP contribution in [0.25, 0.3) is 0 Å². The number of aromatic nitrogens is 2. The van der Waals surface area contributed by atoms with Crippen LogP contribution in [0.5, 0.6) is 0 Å². The molecule has 0 amide bonds. The van der Waals surface area contributed by atoms with Crippen molar-refractivity contribution in [2.75, 3.05) is 18.0 Å². The average molecular weight is 237 g/mol. The summed E-state index contributed by atoms with van der Waals surface area (Å²) < 4.78 is 0. The Morgan fingerprint density at radius 2 is 2.41 bits per heavy atom. The topological polar surface area (TPSA) is 108 Å². The highest BCUT2D eigenvalue weighted by Gasteiger charge is 2.33. The minimum Gasteiger partial charge on any atom is -0.409 e. The van der Waals surface area contributed by atoms with E-state index in [1.807, 2.05) is 4.90 Å². The lowest BCUT2D eigenvalue weighted by Gasteiger charge is -2.21. The summed E-state index contributed by atoms with van der Waals surface area (Å²) in [5.74, 6) is 0.516. The monoisotopic (exact) mass is 237 g/mol. The first-order chi connectivity index (χ1) is 8.03. The molecule has 0 saturated carbocycles. The summed E-state index contributed by atoms with van der Waals surface area (Å²) in [5, 5.41) is 29.4. The Morgan fingerprint density at radius 1 is 1.65 bits per heavy atom.